The maximum absolute atomic E-state index is 12.7. The van der Waals surface area contributed by atoms with Crippen molar-refractivity contribution in [2.24, 2.45) is 0 Å². The van der Waals surface area contributed by atoms with Gasteiger partial charge in [0.1, 0.15) is 13.2 Å². The average molecular weight is 435 g/mol. The normalized spacial score (nSPS) is 18.4. The Balaban J connectivity index is 1.41. The van der Waals surface area contributed by atoms with Crippen molar-refractivity contribution >= 4 is 27.7 Å². The SMILES string of the molecule is O=C(NCC(=O)N1CCC[C@H]1c1ccc2c(c1)OCCO2)c1ccc(Br)o1. The van der Waals surface area contributed by atoms with E-state index in [2.05, 4.69) is 21.2 Å². The van der Waals surface area contributed by atoms with Crippen molar-refractivity contribution < 1.29 is 23.5 Å². The summed E-state index contributed by atoms with van der Waals surface area (Å²) in [6.45, 7) is 1.67. The van der Waals surface area contributed by atoms with E-state index in [4.69, 9.17) is 13.9 Å². The number of carbonyl (C=O) groups excluding carboxylic acids is 2. The van der Waals surface area contributed by atoms with Crippen LogP contribution in [0.25, 0.3) is 0 Å². The van der Waals surface area contributed by atoms with Crippen LogP contribution in [0, 0.1) is 0 Å². The molecule has 0 saturated carbocycles. The van der Waals surface area contributed by atoms with Gasteiger partial charge in [-0.25, -0.2) is 0 Å². The second kappa shape index (κ2) is 7.64. The second-order valence-electron chi connectivity index (χ2n) is 6.43. The Kier molecular flexibility index (Phi) is 5.07. The van der Waals surface area contributed by atoms with Crippen LogP contribution in [-0.2, 0) is 4.79 Å². The predicted octanol–water partition coefficient (Wildman–Crippen LogP) is 2.91. The van der Waals surface area contributed by atoms with Crippen molar-refractivity contribution in [3.05, 3.63) is 46.3 Å². The lowest BCUT2D eigenvalue weighted by molar-refractivity contribution is -0.131. The zero-order valence-corrected chi connectivity index (χ0v) is 16.2. The van der Waals surface area contributed by atoms with E-state index < -0.39 is 5.91 Å². The summed E-state index contributed by atoms with van der Waals surface area (Å²) in [6, 6.07) is 8.98. The Morgan fingerprint density at radius 2 is 1.96 bits per heavy atom. The van der Waals surface area contributed by atoms with E-state index in [0.717, 1.165) is 29.9 Å². The summed E-state index contributed by atoms with van der Waals surface area (Å²) in [5, 5.41) is 2.62. The number of hydrogen-bond donors (Lipinski definition) is 1. The number of halogens is 1. The van der Waals surface area contributed by atoms with Crippen LogP contribution in [0.1, 0.15) is 35.0 Å². The first kappa shape index (κ1) is 17.9. The molecular weight excluding hydrogens is 416 g/mol. The van der Waals surface area contributed by atoms with E-state index in [-0.39, 0.29) is 24.3 Å². The average Bonchev–Trinajstić information content (AvgIpc) is 3.34. The molecule has 1 aromatic carbocycles. The minimum absolute atomic E-state index is 0.0250. The smallest absolute Gasteiger partial charge is 0.287 e. The number of likely N-dealkylation sites (tertiary alicyclic amines) is 1. The summed E-state index contributed by atoms with van der Waals surface area (Å²) in [4.78, 5) is 26.5. The molecule has 2 amide bonds. The van der Waals surface area contributed by atoms with Gasteiger partial charge in [-0.3, -0.25) is 9.59 Å². The van der Waals surface area contributed by atoms with Crippen LogP contribution < -0.4 is 14.8 Å². The number of furan rings is 1. The van der Waals surface area contributed by atoms with Gasteiger partial charge in [-0.2, -0.15) is 0 Å². The van der Waals surface area contributed by atoms with Crippen LogP contribution >= 0.6 is 15.9 Å². The van der Waals surface area contributed by atoms with Crippen LogP contribution in [0.2, 0.25) is 0 Å². The fourth-order valence-corrected chi connectivity index (χ4v) is 3.77. The molecule has 0 bridgehead atoms. The van der Waals surface area contributed by atoms with Crippen LogP contribution in [0.15, 0.2) is 39.4 Å². The molecule has 2 aromatic rings. The summed E-state index contributed by atoms with van der Waals surface area (Å²) in [7, 11) is 0. The van der Waals surface area contributed by atoms with Crippen LogP contribution in [0.4, 0.5) is 0 Å². The van der Waals surface area contributed by atoms with Gasteiger partial charge in [0.2, 0.25) is 5.91 Å². The Morgan fingerprint density at radius 3 is 2.74 bits per heavy atom. The summed E-state index contributed by atoms with van der Waals surface area (Å²) in [5.74, 6) is 1.09. The third-order valence-electron chi connectivity index (χ3n) is 4.72. The minimum Gasteiger partial charge on any atom is -0.486 e. The van der Waals surface area contributed by atoms with Gasteiger partial charge in [0.05, 0.1) is 12.6 Å². The molecule has 8 heteroatoms. The van der Waals surface area contributed by atoms with E-state index in [9.17, 15) is 9.59 Å². The fourth-order valence-electron chi connectivity index (χ4n) is 3.46. The van der Waals surface area contributed by atoms with Crippen LogP contribution in [0.3, 0.4) is 0 Å². The van der Waals surface area contributed by atoms with E-state index >= 15 is 0 Å². The lowest BCUT2D eigenvalue weighted by Gasteiger charge is -2.26. The van der Waals surface area contributed by atoms with Gasteiger partial charge < -0.3 is 24.1 Å². The lowest BCUT2D eigenvalue weighted by Crippen LogP contribution is -2.39. The zero-order valence-electron chi connectivity index (χ0n) is 14.6. The third kappa shape index (κ3) is 3.80. The second-order valence-corrected chi connectivity index (χ2v) is 7.22. The minimum atomic E-state index is -0.413. The Hall–Kier alpha value is -2.48. The van der Waals surface area contributed by atoms with Crippen molar-refractivity contribution in [2.75, 3.05) is 26.3 Å². The molecule has 1 N–H and O–H groups in total. The molecule has 27 heavy (non-hydrogen) atoms. The molecule has 0 unspecified atom stereocenters. The van der Waals surface area contributed by atoms with Gasteiger partial charge in [-0.1, -0.05) is 6.07 Å². The predicted molar refractivity (Wildman–Crippen MR) is 99.9 cm³/mol. The molecule has 0 aliphatic carbocycles. The molecule has 1 atom stereocenters. The quantitative estimate of drug-likeness (QED) is 0.799. The third-order valence-corrected chi connectivity index (χ3v) is 5.15. The van der Waals surface area contributed by atoms with Gasteiger partial charge in [-0.05, 0) is 58.6 Å². The lowest BCUT2D eigenvalue weighted by atomic mass is 10.0. The van der Waals surface area contributed by atoms with Gasteiger partial charge in [0.15, 0.2) is 21.9 Å². The maximum Gasteiger partial charge on any atom is 0.287 e. The van der Waals surface area contributed by atoms with E-state index in [1.54, 1.807) is 12.1 Å². The number of nitrogens with zero attached hydrogens (tertiary/aromatic N) is 1. The van der Waals surface area contributed by atoms with Gasteiger partial charge in [0, 0.05) is 6.54 Å². The first-order valence-electron chi connectivity index (χ1n) is 8.84. The van der Waals surface area contributed by atoms with E-state index in [0.29, 0.717) is 24.4 Å². The number of rotatable bonds is 4. The number of nitrogens with one attached hydrogen (secondary N) is 1. The molecule has 2 aliphatic rings. The number of hydrogen-bond acceptors (Lipinski definition) is 5. The highest BCUT2D eigenvalue weighted by Gasteiger charge is 2.31. The maximum atomic E-state index is 12.7. The van der Waals surface area contributed by atoms with Gasteiger partial charge in [0.25, 0.3) is 5.91 Å². The van der Waals surface area contributed by atoms with Crippen molar-refractivity contribution in [2.45, 2.75) is 18.9 Å². The standard InChI is InChI=1S/C19H19BrN2O5/c20-17-6-5-15(27-17)19(24)21-11-18(23)22-7-1-2-13(22)12-3-4-14-16(10-12)26-9-8-25-14/h3-6,10,13H,1-2,7-9,11H2,(H,21,24)/t13-/m0/s1. The molecule has 1 fully saturated rings. The van der Waals surface area contributed by atoms with Crippen LogP contribution in [-0.4, -0.2) is 43.0 Å². The highest BCUT2D eigenvalue weighted by molar-refractivity contribution is 9.10. The van der Waals surface area contributed by atoms with Crippen molar-refractivity contribution in [1.29, 1.82) is 0 Å². The summed E-state index contributed by atoms with van der Waals surface area (Å²) in [6.07, 6.45) is 1.80. The monoisotopic (exact) mass is 434 g/mol. The van der Waals surface area contributed by atoms with Gasteiger partial charge in [-0.15, -0.1) is 0 Å². The molecule has 142 valence electrons. The number of benzene rings is 1. The zero-order chi connectivity index (χ0) is 18.8. The molecule has 2 aliphatic heterocycles. The van der Waals surface area contributed by atoms with Gasteiger partial charge >= 0.3 is 0 Å². The molecule has 7 nitrogen and oxygen atoms in total. The number of carbonyl (C=O) groups is 2. The molecule has 0 radical (unpaired) electrons. The Morgan fingerprint density at radius 1 is 1.15 bits per heavy atom. The summed E-state index contributed by atoms with van der Waals surface area (Å²) < 4.78 is 16.9. The molecule has 3 heterocycles. The van der Waals surface area contributed by atoms with Crippen LogP contribution in [0.5, 0.6) is 11.5 Å². The van der Waals surface area contributed by atoms with Crippen molar-refractivity contribution in [3.63, 3.8) is 0 Å². The largest absolute Gasteiger partial charge is 0.486 e. The summed E-state index contributed by atoms with van der Waals surface area (Å²) >= 11 is 3.15. The molecule has 1 saturated heterocycles. The topological polar surface area (TPSA) is 81.0 Å². The highest BCUT2D eigenvalue weighted by atomic mass is 79.9. The van der Waals surface area contributed by atoms with Crippen molar-refractivity contribution in [1.82, 2.24) is 10.2 Å². The fraction of sp³-hybridized carbons (Fsp3) is 0.368. The Labute approximate surface area is 164 Å². The van der Waals surface area contributed by atoms with Crippen molar-refractivity contribution in [3.8, 4) is 11.5 Å². The molecular formula is C19H19BrN2O5. The van der Waals surface area contributed by atoms with E-state index in [1.165, 1.54) is 0 Å². The summed E-state index contributed by atoms with van der Waals surface area (Å²) in [5.41, 5.74) is 1.02. The molecule has 0 spiro atoms. The first-order valence-corrected chi connectivity index (χ1v) is 9.63. The first-order chi connectivity index (χ1) is 13.1. The Bertz CT molecular complexity index is 866. The molecule has 4 rings (SSSR count). The van der Waals surface area contributed by atoms with E-state index in [1.807, 2.05) is 23.1 Å². The highest BCUT2D eigenvalue weighted by Crippen LogP contribution is 2.38. The molecule has 1 aromatic heterocycles. The number of amides is 2. The number of fused-ring (bicyclic) bond motifs is 1. The number of ether oxygens (including phenoxy) is 2.